The maximum absolute atomic E-state index is 13.3. The first-order valence-electron chi connectivity index (χ1n) is 11.8. The van der Waals surface area contributed by atoms with E-state index in [1.54, 1.807) is 4.90 Å². The third-order valence-electron chi connectivity index (χ3n) is 6.35. The van der Waals surface area contributed by atoms with Gasteiger partial charge in [-0.3, -0.25) is 4.79 Å². The van der Waals surface area contributed by atoms with Crippen LogP contribution >= 0.6 is 0 Å². The second-order valence-corrected chi connectivity index (χ2v) is 10.1. The number of hydrogen-bond acceptors (Lipinski definition) is 4. The van der Waals surface area contributed by atoms with Crippen LogP contribution in [0.15, 0.2) is 59.8 Å². The number of likely N-dealkylation sites (tertiary alicyclic amines) is 1. The number of imidazole rings is 1. The minimum absolute atomic E-state index is 0.0143. The number of hydrogen-bond donors (Lipinski definition) is 0. The van der Waals surface area contributed by atoms with Crippen molar-refractivity contribution in [2.24, 2.45) is 0 Å². The predicted octanol–water partition coefficient (Wildman–Crippen LogP) is 5.20. The molecule has 0 atom stereocenters. The average molecular weight is 459 g/mol. The highest BCUT2D eigenvalue weighted by atomic mass is 16.6. The number of piperidine rings is 1. The zero-order valence-electron chi connectivity index (χ0n) is 20.1. The summed E-state index contributed by atoms with van der Waals surface area (Å²) in [5.41, 5.74) is 3.54. The molecule has 4 heterocycles. The summed E-state index contributed by atoms with van der Waals surface area (Å²) in [5, 5.41) is 1.63. The molecule has 0 radical (unpaired) electrons. The summed E-state index contributed by atoms with van der Waals surface area (Å²) in [6, 6.07) is 12.1. The number of pyridine rings is 2. The van der Waals surface area contributed by atoms with Gasteiger partial charge in [-0.25, -0.2) is 9.78 Å². The van der Waals surface area contributed by atoms with Crippen LogP contribution in [0.5, 0.6) is 0 Å². The lowest BCUT2D eigenvalue weighted by Crippen LogP contribution is -2.43. The molecule has 1 aromatic carbocycles. The van der Waals surface area contributed by atoms with E-state index in [-0.39, 0.29) is 17.7 Å². The van der Waals surface area contributed by atoms with E-state index in [1.807, 2.05) is 73.3 Å². The van der Waals surface area contributed by atoms with Crippen molar-refractivity contribution in [2.75, 3.05) is 13.1 Å². The number of benzene rings is 1. The molecule has 3 aromatic heterocycles. The van der Waals surface area contributed by atoms with Gasteiger partial charge in [0.2, 0.25) is 0 Å². The second kappa shape index (κ2) is 8.31. The van der Waals surface area contributed by atoms with Gasteiger partial charge in [-0.05, 0) is 87.4 Å². The van der Waals surface area contributed by atoms with Crippen LogP contribution in [0.25, 0.3) is 27.5 Å². The molecule has 1 saturated heterocycles. The van der Waals surface area contributed by atoms with Crippen molar-refractivity contribution in [3.05, 3.63) is 71.0 Å². The number of ether oxygens (including phenoxy) is 1. The number of carbonyl (C=O) groups is 1. The minimum atomic E-state index is -0.508. The molecule has 1 fully saturated rings. The van der Waals surface area contributed by atoms with E-state index in [2.05, 4.69) is 23.3 Å². The van der Waals surface area contributed by atoms with Gasteiger partial charge in [0.05, 0.1) is 5.69 Å². The molecule has 1 aliphatic heterocycles. The third kappa shape index (κ3) is 4.30. The normalized spacial score (nSPS) is 15.2. The molecular weight excluding hydrogens is 428 g/mol. The fraction of sp³-hybridized carbons (Fsp3) is 0.370. The van der Waals surface area contributed by atoms with Gasteiger partial charge in [0.15, 0.2) is 0 Å². The molecule has 0 N–H and O–H groups in total. The molecule has 0 spiro atoms. The molecular formula is C27H30N4O3. The summed E-state index contributed by atoms with van der Waals surface area (Å²) in [6.45, 7) is 8.76. The Bertz CT molecular complexity index is 1440. The van der Waals surface area contributed by atoms with Crippen molar-refractivity contribution in [3.8, 4) is 11.1 Å². The van der Waals surface area contributed by atoms with Crippen LogP contribution in [0.3, 0.4) is 0 Å². The largest absolute Gasteiger partial charge is 0.444 e. The Hall–Kier alpha value is -3.61. The van der Waals surface area contributed by atoms with Crippen LogP contribution in [-0.2, 0) is 4.74 Å². The quantitative estimate of drug-likeness (QED) is 0.414. The first-order chi connectivity index (χ1) is 16.2. The maximum atomic E-state index is 13.3. The monoisotopic (exact) mass is 458 g/mol. The summed E-state index contributed by atoms with van der Waals surface area (Å²) in [4.78, 5) is 31.9. The number of aromatic nitrogens is 3. The van der Waals surface area contributed by atoms with Crippen molar-refractivity contribution in [2.45, 2.75) is 52.2 Å². The Morgan fingerprint density at radius 2 is 1.76 bits per heavy atom. The topological polar surface area (TPSA) is 68.8 Å². The summed E-state index contributed by atoms with van der Waals surface area (Å²) in [5.74, 6) is 0. The molecule has 7 heteroatoms. The van der Waals surface area contributed by atoms with Crippen molar-refractivity contribution < 1.29 is 9.53 Å². The summed E-state index contributed by atoms with van der Waals surface area (Å²) >= 11 is 0. The minimum Gasteiger partial charge on any atom is -0.444 e. The highest BCUT2D eigenvalue weighted by molar-refractivity contribution is 5.86. The van der Waals surface area contributed by atoms with Gasteiger partial charge in [-0.15, -0.1) is 0 Å². The molecule has 0 unspecified atom stereocenters. The molecule has 0 bridgehead atoms. The smallest absolute Gasteiger partial charge is 0.410 e. The number of fused-ring (bicyclic) bond motifs is 2. The van der Waals surface area contributed by atoms with E-state index in [9.17, 15) is 9.59 Å². The number of rotatable bonds is 2. The Morgan fingerprint density at radius 3 is 2.50 bits per heavy atom. The zero-order chi connectivity index (χ0) is 24.0. The first-order valence-corrected chi connectivity index (χ1v) is 11.8. The van der Waals surface area contributed by atoms with E-state index in [1.165, 1.54) is 0 Å². The van der Waals surface area contributed by atoms with Crippen molar-refractivity contribution in [1.82, 2.24) is 18.9 Å². The summed E-state index contributed by atoms with van der Waals surface area (Å²) in [7, 11) is 0. The van der Waals surface area contributed by atoms with E-state index in [4.69, 9.17) is 4.74 Å². The van der Waals surface area contributed by atoms with Crippen molar-refractivity contribution in [1.29, 1.82) is 0 Å². The fourth-order valence-corrected chi connectivity index (χ4v) is 4.67. The molecule has 1 amide bonds. The Balaban J connectivity index is 1.37. The fourth-order valence-electron chi connectivity index (χ4n) is 4.67. The average Bonchev–Trinajstić information content (AvgIpc) is 3.17. The van der Waals surface area contributed by atoms with Gasteiger partial charge in [-0.2, -0.15) is 0 Å². The molecule has 0 saturated carbocycles. The van der Waals surface area contributed by atoms with Gasteiger partial charge >= 0.3 is 6.09 Å². The van der Waals surface area contributed by atoms with Crippen LogP contribution in [0.1, 0.15) is 45.3 Å². The Morgan fingerprint density at radius 1 is 1.03 bits per heavy atom. The Labute approximate surface area is 198 Å². The number of nitrogens with zero attached hydrogens (tertiary/aromatic N) is 4. The predicted molar refractivity (Wildman–Crippen MR) is 133 cm³/mol. The van der Waals surface area contributed by atoms with Crippen molar-refractivity contribution in [3.63, 3.8) is 0 Å². The van der Waals surface area contributed by atoms with Crippen LogP contribution < -0.4 is 5.56 Å². The molecule has 1 aliphatic rings. The number of carbonyl (C=O) groups excluding carboxylic acids is 1. The van der Waals surface area contributed by atoms with Crippen LogP contribution in [0, 0.1) is 6.92 Å². The first kappa shape index (κ1) is 22.2. The highest BCUT2D eigenvalue weighted by Crippen LogP contribution is 2.26. The van der Waals surface area contributed by atoms with Gasteiger partial charge in [-0.1, -0.05) is 6.07 Å². The van der Waals surface area contributed by atoms with Crippen LogP contribution in [0.2, 0.25) is 0 Å². The number of aryl methyl sites for hydroxylation is 1. The van der Waals surface area contributed by atoms with Crippen LogP contribution in [-0.4, -0.2) is 43.6 Å². The molecule has 7 nitrogen and oxygen atoms in total. The van der Waals surface area contributed by atoms with Gasteiger partial charge in [0.25, 0.3) is 5.56 Å². The van der Waals surface area contributed by atoms with E-state index < -0.39 is 5.60 Å². The molecule has 176 valence electrons. The van der Waals surface area contributed by atoms with E-state index in [0.29, 0.717) is 18.5 Å². The van der Waals surface area contributed by atoms with Gasteiger partial charge < -0.3 is 18.6 Å². The summed E-state index contributed by atoms with van der Waals surface area (Å²) < 4.78 is 9.34. The second-order valence-electron chi connectivity index (χ2n) is 10.1. The van der Waals surface area contributed by atoms with E-state index >= 15 is 0 Å². The van der Waals surface area contributed by atoms with Gasteiger partial charge in [0.1, 0.15) is 11.2 Å². The number of amides is 1. The van der Waals surface area contributed by atoms with E-state index in [0.717, 1.165) is 40.7 Å². The van der Waals surface area contributed by atoms with Gasteiger partial charge in [0, 0.05) is 43.1 Å². The molecule has 34 heavy (non-hydrogen) atoms. The maximum Gasteiger partial charge on any atom is 0.410 e. The molecule has 5 rings (SSSR count). The van der Waals surface area contributed by atoms with Crippen molar-refractivity contribution >= 4 is 22.5 Å². The highest BCUT2D eigenvalue weighted by Gasteiger charge is 2.28. The lowest BCUT2D eigenvalue weighted by atomic mass is 10.0. The van der Waals surface area contributed by atoms with Crippen LogP contribution in [0.4, 0.5) is 4.79 Å². The Kier molecular flexibility index (Phi) is 5.42. The molecule has 4 aromatic rings. The lowest BCUT2D eigenvalue weighted by Gasteiger charge is -2.34. The summed E-state index contributed by atoms with van der Waals surface area (Å²) in [6.07, 6.45) is 7.14. The molecule has 0 aliphatic carbocycles. The standard InChI is InChI=1S/C27H30N4O3/c1-18-16-30-17-21(6-8-24(30)28-18)19-5-7-23-20(15-19)9-14-31(25(23)32)22-10-12-29(13-11-22)26(33)34-27(2,3)4/h5-9,14-17,22H,10-13H2,1-4H3. The lowest BCUT2D eigenvalue weighted by molar-refractivity contribution is 0.0187. The SMILES string of the molecule is Cc1cn2cc(-c3ccc4c(=O)n(C5CCN(C(=O)OC(C)(C)C)CC5)ccc4c3)ccc2n1. The third-order valence-corrected chi connectivity index (χ3v) is 6.35. The zero-order valence-corrected chi connectivity index (χ0v) is 20.1.